The fraction of sp³-hybridized carbons (Fsp3) is 0.750. The Bertz CT molecular complexity index is 414. The summed E-state index contributed by atoms with van der Waals surface area (Å²) in [7, 11) is 0. The van der Waals surface area contributed by atoms with Crippen LogP contribution in [0.4, 0.5) is 0 Å². The molecule has 0 aromatic heterocycles. The van der Waals surface area contributed by atoms with Crippen LogP contribution < -0.4 is 5.32 Å². The van der Waals surface area contributed by atoms with Crippen LogP contribution in [-0.4, -0.2) is 48.1 Å². The number of nitrogens with zero attached hydrogens (tertiary/aromatic N) is 1. The van der Waals surface area contributed by atoms with Crippen molar-refractivity contribution < 1.29 is 14.7 Å². The molecule has 1 heterocycles. The van der Waals surface area contributed by atoms with E-state index in [1.54, 1.807) is 6.92 Å². The molecule has 1 aliphatic heterocycles. The molecule has 2 rings (SSSR count). The van der Waals surface area contributed by atoms with E-state index in [0.717, 1.165) is 6.42 Å². The van der Waals surface area contributed by atoms with Gasteiger partial charge >= 0.3 is 5.97 Å². The molecule has 5 nitrogen and oxygen atoms in total. The van der Waals surface area contributed by atoms with E-state index in [4.69, 9.17) is 5.11 Å². The number of carboxylic acid groups (broad SMARTS) is 1. The highest BCUT2D eigenvalue weighted by atomic mass is 16.4. The van der Waals surface area contributed by atoms with Crippen molar-refractivity contribution >= 4 is 11.9 Å². The first-order valence-electron chi connectivity index (χ1n) is 7.96. The number of hydrogen-bond donors (Lipinski definition) is 2. The molecule has 1 aliphatic carbocycles. The van der Waals surface area contributed by atoms with Crippen LogP contribution in [0.5, 0.6) is 0 Å². The van der Waals surface area contributed by atoms with Crippen LogP contribution in [0.3, 0.4) is 0 Å². The van der Waals surface area contributed by atoms with Crippen molar-refractivity contribution in [2.24, 2.45) is 11.8 Å². The summed E-state index contributed by atoms with van der Waals surface area (Å²) in [5.74, 6) is -0.831. The van der Waals surface area contributed by atoms with Gasteiger partial charge in [0.05, 0.1) is 12.5 Å². The Morgan fingerprint density at radius 2 is 2.19 bits per heavy atom. The molecule has 2 aliphatic rings. The standard InChI is InChI=1S/C16H26N2O3/c1-12(16(20)21)14-9-18(10-14)11-15(19)17-8-7-13-5-3-2-4-6-13/h5,12,14H,2-4,6-11H2,1H3,(H,17,19)(H,20,21). The Morgan fingerprint density at radius 1 is 1.43 bits per heavy atom. The third-order valence-electron chi connectivity index (χ3n) is 4.60. The van der Waals surface area contributed by atoms with Gasteiger partial charge in [-0.25, -0.2) is 0 Å². The van der Waals surface area contributed by atoms with E-state index in [0.29, 0.717) is 26.2 Å². The molecule has 0 aromatic carbocycles. The van der Waals surface area contributed by atoms with Gasteiger partial charge in [-0.1, -0.05) is 18.6 Å². The Hall–Kier alpha value is -1.36. The SMILES string of the molecule is CC(C(=O)O)C1CN(CC(=O)NCCC2=CCCCC2)C1. The fourth-order valence-electron chi connectivity index (χ4n) is 3.01. The van der Waals surface area contributed by atoms with Gasteiger partial charge < -0.3 is 10.4 Å². The van der Waals surface area contributed by atoms with Crippen LogP contribution in [0.15, 0.2) is 11.6 Å². The number of rotatable bonds is 7. The normalized spacial score (nSPS) is 21.3. The van der Waals surface area contributed by atoms with Crippen molar-refractivity contribution in [2.45, 2.75) is 39.0 Å². The second-order valence-electron chi connectivity index (χ2n) is 6.29. The third kappa shape index (κ3) is 4.84. The lowest BCUT2D eigenvalue weighted by atomic mass is 9.87. The van der Waals surface area contributed by atoms with Crippen LogP contribution in [0, 0.1) is 11.8 Å². The maximum atomic E-state index is 11.8. The van der Waals surface area contributed by atoms with E-state index in [2.05, 4.69) is 11.4 Å². The van der Waals surface area contributed by atoms with Crippen LogP contribution in [0.2, 0.25) is 0 Å². The minimum absolute atomic E-state index is 0.0489. The van der Waals surface area contributed by atoms with E-state index in [1.165, 1.54) is 31.3 Å². The number of nitrogens with one attached hydrogen (secondary N) is 1. The molecule has 118 valence electrons. The number of aliphatic carboxylic acids is 1. The van der Waals surface area contributed by atoms with Gasteiger partial charge in [0.1, 0.15) is 0 Å². The predicted molar refractivity (Wildman–Crippen MR) is 80.9 cm³/mol. The second-order valence-corrected chi connectivity index (χ2v) is 6.29. The zero-order valence-corrected chi connectivity index (χ0v) is 12.8. The summed E-state index contributed by atoms with van der Waals surface area (Å²) in [4.78, 5) is 24.7. The molecule has 1 atom stereocenters. The Labute approximate surface area is 126 Å². The van der Waals surface area contributed by atoms with E-state index in [9.17, 15) is 9.59 Å². The number of amides is 1. The molecule has 0 aromatic rings. The second kappa shape index (κ2) is 7.59. The fourth-order valence-corrected chi connectivity index (χ4v) is 3.01. The van der Waals surface area contributed by atoms with Crippen LogP contribution in [0.1, 0.15) is 39.0 Å². The Kier molecular flexibility index (Phi) is 5.79. The van der Waals surface area contributed by atoms with Crippen LogP contribution in [-0.2, 0) is 9.59 Å². The highest BCUT2D eigenvalue weighted by molar-refractivity contribution is 5.78. The van der Waals surface area contributed by atoms with Gasteiger partial charge in [0.15, 0.2) is 0 Å². The lowest BCUT2D eigenvalue weighted by Gasteiger charge is -2.40. The number of carboxylic acids is 1. The molecular weight excluding hydrogens is 268 g/mol. The lowest BCUT2D eigenvalue weighted by molar-refractivity contribution is -0.145. The van der Waals surface area contributed by atoms with Crippen molar-refractivity contribution in [3.8, 4) is 0 Å². The maximum absolute atomic E-state index is 11.8. The molecule has 21 heavy (non-hydrogen) atoms. The van der Waals surface area contributed by atoms with E-state index >= 15 is 0 Å². The molecule has 1 unspecified atom stereocenters. The largest absolute Gasteiger partial charge is 0.481 e. The Morgan fingerprint density at radius 3 is 2.81 bits per heavy atom. The lowest BCUT2D eigenvalue weighted by Crippen LogP contribution is -2.53. The zero-order valence-electron chi connectivity index (χ0n) is 12.8. The topological polar surface area (TPSA) is 69.6 Å². The monoisotopic (exact) mass is 294 g/mol. The molecule has 1 amide bonds. The summed E-state index contributed by atoms with van der Waals surface area (Å²) in [5, 5.41) is 11.9. The summed E-state index contributed by atoms with van der Waals surface area (Å²) < 4.78 is 0. The third-order valence-corrected chi connectivity index (χ3v) is 4.60. The molecule has 2 N–H and O–H groups in total. The van der Waals surface area contributed by atoms with Gasteiger partial charge in [-0.15, -0.1) is 0 Å². The van der Waals surface area contributed by atoms with Gasteiger partial charge in [-0.05, 0) is 38.0 Å². The minimum atomic E-state index is -0.746. The molecule has 0 saturated carbocycles. The summed E-state index contributed by atoms with van der Waals surface area (Å²) >= 11 is 0. The average Bonchev–Trinajstić information content (AvgIpc) is 2.42. The molecule has 0 bridgehead atoms. The van der Waals surface area contributed by atoms with Crippen LogP contribution >= 0.6 is 0 Å². The smallest absolute Gasteiger partial charge is 0.306 e. The molecule has 0 radical (unpaired) electrons. The van der Waals surface area contributed by atoms with Crippen molar-refractivity contribution in [1.29, 1.82) is 0 Å². The van der Waals surface area contributed by atoms with Gasteiger partial charge in [0.2, 0.25) is 5.91 Å². The van der Waals surface area contributed by atoms with Gasteiger partial charge in [-0.2, -0.15) is 0 Å². The van der Waals surface area contributed by atoms with Gasteiger partial charge in [-0.3, -0.25) is 14.5 Å². The van der Waals surface area contributed by atoms with Gasteiger partial charge in [0, 0.05) is 19.6 Å². The first kappa shape index (κ1) is 16.0. The first-order chi connectivity index (χ1) is 10.1. The van der Waals surface area contributed by atoms with Crippen LogP contribution in [0.25, 0.3) is 0 Å². The molecular formula is C16H26N2O3. The Balaban J connectivity index is 1.56. The molecule has 1 fully saturated rings. The molecule has 5 heteroatoms. The van der Waals surface area contributed by atoms with E-state index in [1.807, 2.05) is 4.90 Å². The number of hydrogen-bond acceptors (Lipinski definition) is 3. The number of likely N-dealkylation sites (tertiary alicyclic amines) is 1. The van der Waals surface area contributed by atoms with E-state index in [-0.39, 0.29) is 17.7 Å². The zero-order chi connectivity index (χ0) is 15.2. The summed E-state index contributed by atoms with van der Waals surface area (Å²) in [6.07, 6.45) is 8.20. The highest BCUT2D eigenvalue weighted by Crippen LogP contribution is 2.23. The van der Waals surface area contributed by atoms with Crippen molar-refractivity contribution in [2.75, 3.05) is 26.2 Å². The van der Waals surface area contributed by atoms with Crippen molar-refractivity contribution in [3.63, 3.8) is 0 Å². The molecule has 0 spiro atoms. The highest BCUT2D eigenvalue weighted by Gasteiger charge is 2.35. The van der Waals surface area contributed by atoms with Crippen molar-refractivity contribution in [3.05, 3.63) is 11.6 Å². The first-order valence-corrected chi connectivity index (χ1v) is 7.96. The van der Waals surface area contributed by atoms with Gasteiger partial charge in [0.25, 0.3) is 0 Å². The summed E-state index contributed by atoms with van der Waals surface area (Å²) in [6.45, 7) is 4.27. The average molecular weight is 294 g/mol. The minimum Gasteiger partial charge on any atom is -0.481 e. The number of allylic oxidation sites excluding steroid dienone is 1. The quantitative estimate of drug-likeness (QED) is 0.700. The van der Waals surface area contributed by atoms with Crippen molar-refractivity contribution in [1.82, 2.24) is 10.2 Å². The maximum Gasteiger partial charge on any atom is 0.306 e. The molecule has 1 saturated heterocycles. The summed E-state index contributed by atoms with van der Waals surface area (Å²) in [5.41, 5.74) is 1.47. The predicted octanol–water partition coefficient (Wildman–Crippen LogP) is 1.65. The van der Waals surface area contributed by atoms with E-state index < -0.39 is 5.97 Å². The summed E-state index contributed by atoms with van der Waals surface area (Å²) in [6, 6.07) is 0. The number of carbonyl (C=O) groups is 2. The number of carbonyl (C=O) groups excluding carboxylic acids is 1.